The molecule has 4 rings (SSSR count). The van der Waals surface area contributed by atoms with Gasteiger partial charge in [-0.2, -0.15) is 0 Å². The fourth-order valence-electron chi connectivity index (χ4n) is 3.08. The van der Waals surface area contributed by atoms with Crippen LogP contribution in [0.4, 0.5) is 4.39 Å². The fraction of sp³-hybridized carbons (Fsp3) is 0.0952. The Hall–Kier alpha value is -3.94. The first kappa shape index (κ1) is 18.4. The number of rotatable bonds is 5. The summed E-state index contributed by atoms with van der Waals surface area (Å²) in [5.41, 5.74) is 0.181. The van der Waals surface area contributed by atoms with Crippen molar-refractivity contribution in [2.24, 2.45) is 0 Å². The summed E-state index contributed by atoms with van der Waals surface area (Å²) in [4.78, 5) is 46.7. The van der Waals surface area contributed by atoms with Crippen molar-refractivity contribution >= 4 is 16.8 Å². The quantitative estimate of drug-likeness (QED) is 0.487. The maximum absolute atomic E-state index is 13.1. The summed E-state index contributed by atoms with van der Waals surface area (Å²) < 4.78 is 15.4. The molecule has 29 heavy (non-hydrogen) atoms. The first-order chi connectivity index (χ1) is 14.0. The van der Waals surface area contributed by atoms with Crippen LogP contribution in [0.25, 0.3) is 11.0 Å². The number of carbonyl (C=O) groups is 1. The molecule has 0 spiro atoms. The van der Waals surface area contributed by atoms with Crippen molar-refractivity contribution in [3.8, 4) is 0 Å². The molecule has 144 valence electrons. The molecule has 3 heterocycles. The van der Waals surface area contributed by atoms with Crippen LogP contribution in [0, 0.1) is 5.82 Å². The van der Waals surface area contributed by atoms with Crippen LogP contribution < -0.4 is 11.2 Å². The molecular weight excluding hydrogens is 375 g/mol. The number of benzene rings is 1. The number of halogens is 1. The highest BCUT2D eigenvalue weighted by Gasteiger charge is 2.17. The SMILES string of the molecule is O=C(Cn1c(=O)n(Cc2ccncc2)c(=O)c2ncccc21)c1ccc(F)cc1. The maximum atomic E-state index is 13.1. The first-order valence-corrected chi connectivity index (χ1v) is 8.80. The second-order valence-corrected chi connectivity index (χ2v) is 6.42. The van der Waals surface area contributed by atoms with Crippen molar-refractivity contribution in [2.75, 3.05) is 0 Å². The van der Waals surface area contributed by atoms with Gasteiger partial charge in [0.15, 0.2) is 11.3 Å². The van der Waals surface area contributed by atoms with Crippen molar-refractivity contribution in [1.82, 2.24) is 19.1 Å². The van der Waals surface area contributed by atoms with E-state index in [9.17, 15) is 18.8 Å². The standard InChI is InChI=1S/C21H15FN4O3/c22-16-5-3-15(4-6-16)18(27)13-25-17-2-1-9-24-19(17)20(28)26(21(25)29)12-14-7-10-23-11-8-14/h1-11H,12-13H2. The van der Waals surface area contributed by atoms with E-state index in [2.05, 4.69) is 9.97 Å². The highest BCUT2D eigenvalue weighted by molar-refractivity contribution is 5.96. The minimum absolute atomic E-state index is 0.0252. The number of Topliss-reactive ketones (excluding diaryl/α,β-unsaturated/α-hetero) is 1. The van der Waals surface area contributed by atoms with Gasteiger partial charge in [-0.1, -0.05) is 0 Å². The lowest BCUT2D eigenvalue weighted by Gasteiger charge is -2.13. The molecule has 0 aliphatic rings. The molecule has 7 nitrogen and oxygen atoms in total. The summed E-state index contributed by atoms with van der Waals surface area (Å²) in [6.45, 7) is -0.277. The molecule has 0 atom stereocenters. The average Bonchev–Trinajstić information content (AvgIpc) is 2.75. The normalized spacial score (nSPS) is 10.9. The third-order valence-corrected chi connectivity index (χ3v) is 4.54. The Bertz CT molecular complexity index is 1310. The van der Waals surface area contributed by atoms with Crippen LogP contribution in [-0.4, -0.2) is 24.9 Å². The Balaban J connectivity index is 1.84. The Labute approximate surface area is 163 Å². The largest absolute Gasteiger partial charge is 0.332 e. The van der Waals surface area contributed by atoms with E-state index < -0.39 is 17.1 Å². The number of nitrogens with zero attached hydrogens (tertiary/aromatic N) is 4. The van der Waals surface area contributed by atoms with Crippen LogP contribution in [0.1, 0.15) is 15.9 Å². The number of aromatic nitrogens is 4. The van der Waals surface area contributed by atoms with E-state index in [1.807, 2.05) is 0 Å². The van der Waals surface area contributed by atoms with Crippen molar-refractivity contribution in [2.45, 2.75) is 13.1 Å². The van der Waals surface area contributed by atoms with Gasteiger partial charge in [0, 0.05) is 24.2 Å². The second-order valence-electron chi connectivity index (χ2n) is 6.42. The number of fused-ring (bicyclic) bond motifs is 1. The summed E-state index contributed by atoms with van der Waals surface area (Å²) in [5.74, 6) is -0.842. The van der Waals surface area contributed by atoms with Gasteiger partial charge in [0.25, 0.3) is 5.56 Å². The number of hydrogen-bond acceptors (Lipinski definition) is 5. The number of carbonyl (C=O) groups excluding carboxylic acids is 1. The summed E-state index contributed by atoms with van der Waals surface area (Å²) in [6, 6.07) is 11.6. The molecule has 0 N–H and O–H groups in total. The number of pyridine rings is 2. The van der Waals surface area contributed by atoms with Crippen molar-refractivity contribution < 1.29 is 9.18 Å². The Morgan fingerprint density at radius 3 is 2.38 bits per heavy atom. The molecule has 3 aromatic heterocycles. The van der Waals surface area contributed by atoms with Gasteiger partial charge in [0.1, 0.15) is 5.82 Å². The van der Waals surface area contributed by atoms with Crippen molar-refractivity contribution in [3.05, 3.63) is 105 Å². The Kier molecular flexibility index (Phi) is 4.82. The van der Waals surface area contributed by atoms with Gasteiger partial charge in [-0.15, -0.1) is 0 Å². The van der Waals surface area contributed by atoms with Crippen LogP contribution in [0.15, 0.2) is 76.7 Å². The molecule has 0 amide bonds. The van der Waals surface area contributed by atoms with E-state index in [4.69, 9.17) is 0 Å². The van der Waals surface area contributed by atoms with E-state index in [1.54, 1.807) is 36.7 Å². The summed E-state index contributed by atoms with van der Waals surface area (Å²) in [7, 11) is 0. The predicted molar refractivity (Wildman–Crippen MR) is 104 cm³/mol. The molecule has 1 aromatic carbocycles. The van der Waals surface area contributed by atoms with Crippen LogP contribution in [-0.2, 0) is 13.1 Å². The van der Waals surface area contributed by atoms with Crippen LogP contribution in [0.5, 0.6) is 0 Å². The Morgan fingerprint density at radius 2 is 1.66 bits per heavy atom. The molecule has 4 aromatic rings. The third-order valence-electron chi connectivity index (χ3n) is 4.54. The molecule has 0 bridgehead atoms. The molecule has 8 heteroatoms. The van der Waals surface area contributed by atoms with Crippen molar-refractivity contribution in [1.29, 1.82) is 0 Å². The zero-order valence-corrected chi connectivity index (χ0v) is 15.2. The van der Waals surface area contributed by atoms with Crippen LogP contribution in [0.3, 0.4) is 0 Å². The van der Waals surface area contributed by atoms with Gasteiger partial charge in [-0.3, -0.25) is 23.7 Å². The topological polar surface area (TPSA) is 86.9 Å². The summed E-state index contributed by atoms with van der Waals surface area (Å²) in [6.07, 6.45) is 4.59. The lowest BCUT2D eigenvalue weighted by Crippen LogP contribution is -2.41. The highest BCUT2D eigenvalue weighted by Crippen LogP contribution is 2.09. The van der Waals surface area contributed by atoms with E-state index in [-0.39, 0.29) is 35.5 Å². The predicted octanol–water partition coefficient (Wildman–Crippen LogP) is 2.02. The number of ketones is 1. The number of hydrogen-bond donors (Lipinski definition) is 0. The molecule has 0 saturated carbocycles. The summed E-state index contributed by atoms with van der Waals surface area (Å²) >= 11 is 0. The van der Waals surface area contributed by atoms with Crippen LogP contribution in [0.2, 0.25) is 0 Å². The van der Waals surface area contributed by atoms with Crippen LogP contribution >= 0.6 is 0 Å². The average molecular weight is 390 g/mol. The molecule has 0 unspecified atom stereocenters. The molecule has 0 saturated heterocycles. The molecule has 0 aliphatic carbocycles. The van der Waals surface area contributed by atoms with E-state index >= 15 is 0 Å². The summed E-state index contributed by atoms with van der Waals surface area (Å²) in [5, 5.41) is 0. The fourth-order valence-corrected chi connectivity index (χ4v) is 3.08. The van der Waals surface area contributed by atoms with Gasteiger partial charge < -0.3 is 0 Å². The van der Waals surface area contributed by atoms with Gasteiger partial charge in [0.2, 0.25) is 0 Å². The smallest absolute Gasteiger partial charge is 0.292 e. The Morgan fingerprint density at radius 1 is 0.931 bits per heavy atom. The van der Waals surface area contributed by atoms with E-state index in [1.165, 1.54) is 35.0 Å². The molecule has 0 fully saturated rings. The van der Waals surface area contributed by atoms with Gasteiger partial charge in [-0.25, -0.2) is 14.2 Å². The lowest BCUT2D eigenvalue weighted by molar-refractivity contribution is 0.0971. The lowest BCUT2D eigenvalue weighted by atomic mass is 10.1. The highest BCUT2D eigenvalue weighted by atomic mass is 19.1. The zero-order valence-electron chi connectivity index (χ0n) is 15.2. The van der Waals surface area contributed by atoms with Gasteiger partial charge in [0.05, 0.1) is 18.6 Å². The maximum Gasteiger partial charge on any atom is 0.332 e. The van der Waals surface area contributed by atoms with E-state index in [0.717, 1.165) is 4.57 Å². The van der Waals surface area contributed by atoms with Crippen molar-refractivity contribution in [3.63, 3.8) is 0 Å². The van der Waals surface area contributed by atoms with Gasteiger partial charge >= 0.3 is 5.69 Å². The minimum Gasteiger partial charge on any atom is -0.292 e. The van der Waals surface area contributed by atoms with E-state index in [0.29, 0.717) is 5.56 Å². The first-order valence-electron chi connectivity index (χ1n) is 8.80. The minimum atomic E-state index is -0.622. The van der Waals surface area contributed by atoms with Gasteiger partial charge in [-0.05, 0) is 54.1 Å². The molecular formula is C21H15FN4O3. The second kappa shape index (κ2) is 7.59. The molecule has 0 aliphatic heterocycles. The zero-order chi connectivity index (χ0) is 20.4. The third kappa shape index (κ3) is 3.60. The monoisotopic (exact) mass is 390 g/mol. The molecule has 0 radical (unpaired) electrons.